The third kappa shape index (κ3) is 3.31. The van der Waals surface area contributed by atoms with Crippen LogP contribution in [0.1, 0.15) is 11.4 Å². The number of nitrogens with one attached hydrogen (secondary N) is 1. The zero-order valence-corrected chi connectivity index (χ0v) is 15.7. The first-order valence-corrected chi connectivity index (χ1v) is 9.81. The van der Waals surface area contributed by atoms with Gasteiger partial charge in [0.2, 0.25) is 5.91 Å². The molecule has 4 heterocycles. The first-order chi connectivity index (χ1) is 13.1. The molecule has 3 aromatic rings. The minimum atomic E-state index is -0.0368. The maximum Gasteiger partial charge on any atom is 0.239 e. The van der Waals surface area contributed by atoms with E-state index in [0.29, 0.717) is 24.5 Å². The number of nitrogens with zero attached hydrogens (tertiary/aromatic N) is 4. The number of benzene rings is 1. The standard InChI is InChI=1S/C19H19N5O2S/c1-11-22-23-19(27-11)12-2-3-13-7-20-17(5-14(13)4-12)21-18(25)9-24-8-16-6-15(24)10-26-16/h2-5,7,15-16H,6,8-10H2,1H3,(H,20,21,25)/t15-,16-/m0/s1. The lowest BCUT2D eigenvalue weighted by atomic mass is 10.1. The first-order valence-electron chi connectivity index (χ1n) is 9.00. The number of hydrogen-bond acceptors (Lipinski definition) is 7. The molecule has 2 aromatic heterocycles. The van der Waals surface area contributed by atoms with E-state index in [1.807, 2.05) is 25.1 Å². The number of aromatic nitrogens is 3. The molecular weight excluding hydrogens is 362 g/mol. The van der Waals surface area contributed by atoms with Crippen molar-refractivity contribution in [2.24, 2.45) is 0 Å². The van der Waals surface area contributed by atoms with Crippen molar-refractivity contribution >= 4 is 33.8 Å². The molecule has 2 aliphatic rings. The molecule has 0 aliphatic carbocycles. The van der Waals surface area contributed by atoms with E-state index in [2.05, 4.69) is 31.5 Å². The van der Waals surface area contributed by atoms with Crippen LogP contribution in [-0.4, -0.2) is 57.8 Å². The fourth-order valence-corrected chi connectivity index (χ4v) is 4.48. The van der Waals surface area contributed by atoms with Gasteiger partial charge in [-0.2, -0.15) is 0 Å². The smallest absolute Gasteiger partial charge is 0.239 e. The lowest BCUT2D eigenvalue weighted by Gasteiger charge is -2.25. The van der Waals surface area contributed by atoms with Crippen LogP contribution in [0.25, 0.3) is 21.3 Å². The number of aryl methyl sites for hydroxylation is 1. The third-order valence-corrected chi connectivity index (χ3v) is 6.01. The van der Waals surface area contributed by atoms with Gasteiger partial charge in [0.1, 0.15) is 15.8 Å². The topological polar surface area (TPSA) is 80.2 Å². The van der Waals surface area contributed by atoms with Crippen LogP contribution in [-0.2, 0) is 9.53 Å². The summed E-state index contributed by atoms with van der Waals surface area (Å²) in [5.41, 5.74) is 1.02. The average Bonchev–Trinajstić information content (AvgIpc) is 3.38. The number of morpholine rings is 1. The van der Waals surface area contributed by atoms with Crippen LogP contribution in [0.5, 0.6) is 0 Å². The van der Waals surface area contributed by atoms with E-state index in [-0.39, 0.29) is 5.91 Å². The molecule has 5 rings (SSSR count). The predicted molar refractivity (Wildman–Crippen MR) is 104 cm³/mol. The van der Waals surface area contributed by atoms with E-state index in [1.54, 1.807) is 17.5 Å². The van der Waals surface area contributed by atoms with Crippen molar-refractivity contribution in [1.82, 2.24) is 20.1 Å². The van der Waals surface area contributed by atoms with E-state index in [0.717, 1.165) is 45.9 Å². The fourth-order valence-electron chi connectivity index (χ4n) is 3.80. The van der Waals surface area contributed by atoms with Gasteiger partial charge in [-0.05, 0) is 30.9 Å². The highest BCUT2D eigenvalue weighted by atomic mass is 32.1. The van der Waals surface area contributed by atoms with Crippen molar-refractivity contribution in [2.75, 3.05) is 25.0 Å². The summed E-state index contributed by atoms with van der Waals surface area (Å²) in [6.07, 6.45) is 3.12. The van der Waals surface area contributed by atoms with Gasteiger partial charge in [-0.1, -0.05) is 23.5 Å². The number of carbonyl (C=O) groups excluding carboxylic acids is 1. The molecule has 0 saturated carbocycles. The highest BCUT2D eigenvalue weighted by Gasteiger charge is 2.39. The maximum absolute atomic E-state index is 12.4. The normalized spacial score (nSPS) is 21.8. The van der Waals surface area contributed by atoms with E-state index in [1.165, 1.54) is 0 Å². The molecule has 8 heteroatoms. The summed E-state index contributed by atoms with van der Waals surface area (Å²) in [6.45, 7) is 3.90. The van der Waals surface area contributed by atoms with Crippen LogP contribution in [0.2, 0.25) is 0 Å². The highest BCUT2D eigenvalue weighted by Crippen LogP contribution is 2.28. The van der Waals surface area contributed by atoms with Crippen molar-refractivity contribution in [3.8, 4) is 10.6 Å². The number of hydrogen-bond donors (Lipinski definition) is 1. The molecule has 27 heavy (non-hydrogen) atoms. The Kier molecular flexibility index (Phi) is 4.11. The molecule has 1 amide bonds. The number of amides is 1. The monoisotopic (exact) mass is 381 g/mol. The van der Waals surface area contributed by atoms with Gasteiger partial charge >= 0.3 is 0 Å². The van der Waals surface area contributed by atoms with Gasteiger partial charge in [-0.3, -0.25) is 9.69 Å². The Morgan fingerprint density at radius 1 is 1.33 bits per heavy atom. The Balaban J connectivity index is 1.33. The van der Waals surface area contributed by atoms with Gasteiger partial charge in [-0.25, -0.2) is 4.98 Å². The Labute approximate surface area is 160 Å². The third-order valence-electron chi connectivity index (χ3n) is 5.12. The summed E-state index contributed by atoms with van der Waals surface area (Å²) < 4.78 is 5.58. The zero-order chi connectivity index (χ0) is 18.4. The second-order valence-corrected chi connectivity index (χ2v) is 8.26. The molecular formula is C19H19N5O2S. The molecule has 138 valence electrons. The van der Waals surface area contributed by atoms with E-state index < -0.39 is 0 Å². The summed E-state index contributed by atoms with van der Waals surface area (Å²) in [5.74, 6) is 0.531. The molecule has 1 aromatic carbocycles. The largest absolute Gasteiger partial charge is 0.375 e. The Bertz CT molecular complexity index is 1020. The molecule has 0 unspecified atom stereocenters. The van der Waals surface area contributed by atoms with Crippen molar-refractivity contribution in [3.63, 3.8) is 0 Å². The van der Waals surface area contributed by atoms with Gasteiger partial charge in [0.05, 0.1) is 19.3 Å². The van der Waals surface area contributed by atoms with Crippen LogP contribution < -0.4 is 5.32 Å². The second kappa shape index (κ2) is 6.63. The van der Waals surface area contributed by atoms with Gasteiger partial charge in [0.25, 0.3) is 0 Å². The summed E-state index contributed by atoms with van der Waals surface area (Å²) in [6, 6.07) is 8.38. The second-order valence-electron chi connectivity index (χ2n) is 7.08. The van der Waals surface area contributed by atoms with Crippen molar-refractivity contribution in [2.45, 2.75) is 25.5 Å². The van der Waals surface area contributed by atoms with Crippen LogP contribution in [0, 0.1) is 6.92 Å². The maximum atomic E-state index is 12.4. The minimum Gasteiger partial charge on any atom is -0.375 e. The van der Waals surface area contributed by atoms with Gasteiger partial charge < -0.3 is 10.1 Å². The van der Waals surface area contributed by atoms with Crippen LogP contribution >= 0.6 is 11.3 Å². The van der Waals surface area contributed by atoms with Gasteiger partial charge in [0, 0.05) is 29.7 Å². The summed E-state index contributed by atoms with van der Waals surface area (Å²) in [7, 11) is 0. The minimum absolute atomic E-state index is 0.0368. The average molecular weight is 381 g/mol. The number of likely N-dealkylation sites (tertiary alicyclic amines) is 1. The fraction of sp³-hybridized carbons (Fsp3) is 0.368. The number of pyridine rings is 1. The SMILES string of the molecule is Cc1nnc(-c2ccc3cnc(NC(=O)CN4C[C@@H]5C[C@H]4CO5)cc3c2)s1. The number of fused-ring (bicyclic) bond motifs is 3. The van der Waals surface area contributed by atoms with Crippen molar-refractivity contribution in [3.05, 3.63) is 35.5 Å². The molecule has 2 atom stereocenters. The van der Waals surface area contributed by atoms with Crippen LogP contribution in [0.15, 0.2) is 30.5 Å². The van der Waals surface area contributed by atoms with E-state index in [4.69, 9.17) is 4.74 Å². The summed E-state index contributed by atoms with van der Waals surface area (Å²) in [5, 5.41) is 15.1. The van der Waals surface area contributed by atoms with Gasteiger partial charge in [0.15, 0.2) is 0 Å². The Morgan fingerprint density at radius 3 is 3.00 bits per heavy atom. The molecule has 2 bridgehead atoms. The van der Waals surface area contributed by atoms with Gasteiger partial charge in [-0.15, -0.1) is 10.2 Å². The quantitative estimate of drug-likeness (QED) is 0.748. The number of ether oxygens (including phenoxy) is 1. The molecule has 2 saturated heterocycles. The van der Waals surface area contributed by atoms with Crippen LogP contribution in [0.4, 0.5) is 5.82 Å². The summed E-state index contributed by atoms with van der Waals surface area (Å²) >= 11 is 1.56. The molecule has 0 radical (unpaired) electrons. The molecule has 2 aliphatic heterocycles. The first kappa shape index (κ1) is 16.7. The number of rotatable bonds is 4. The lowest BCUT2D eigenvalue weighted by molar-refractivity contribution is -0.118. The van der Waals surface area contributed by atoms with Crippen molar-refractivity contribution < 1.29 is 9.53 Å². The summed E-state index contributed by atoms with van der Waals surface area (Å²) in [4.78, 5) is 19.0. The van der Waals surface area contributed by atoms with E-state index in [9.17, 15) is 4.79 Å². The predicted octanol–water partition coefficient (Wildman–Crippen LogP) is 2.47. The Hall–Kier alpha value is -2.42. The van der Waals surface area contributed by atoms with Crippen molar-refractivity contribution in [1.29, 1.82) is 0 Å². The molecule has 1 N–H and O–H groups in total. The Morgan fingerprint density at radius 2 is 2.26 bits per heavy atom. The number of anilines is 1. The lowest BCUT2D eigenvalue weighted by Crippen LogP contribution is -2.41. The van der Waals surface area contributed by atoms with Crippen LogP contribution in [0.3, 0.4) is 0 Å². The molecule has 7 nitrogen and oxygen atoms in total. The molecule has 0 spiro atoms. The molecule has 2 fully saturated rings. The van der Waals surface area contributed by atoms with E-state index >= 15 is 0 Å². The number of carbonyl (C=O) groups is 1. The zero-order valence-electron chi connectivity index (χ0n) is 14.9. The highest BCUT2D eigenvalue weighted by molar-refractivity contribution is 7.14.